The molecule has 3 aromatic rings. The molecule has 2 heteroatoms. The summed E-state index contributed by atoms with van der Waals surface area (Å²) in [5.74, 6) is 0. The molecule has 0 aliphatic carbocycles. The van der Waals surface area contributed by atoms with E-state index in [0.717, 1.165) is 16.8 Å². The van der Waals surface area contributed by atoms with Crippen molar-refractivity contribution in [1.82, 2.24) is 9.97 Å². The maximum Gasteiger partial charge on any atom is 0.0798 e. The minimum Gasteiger partial charge on any atom is -0.256 e. The number of hydrogen-bond donors (Lipinski definition) is 0. The summed E-state index contributed by atoms with van der Waals surface area (Å²) < 4.78 is 0. The van der Waals surface area contributed by atoms with E-state index >= 15 is 0 Å². The maximum atomic E-state index is 4.55. The molecule has 0 spiro atoms. The zero-order valence-corrected chi connectivity index (χ0v) is 11.4. The van der Waals surface area contributed by atoms with Crippen molar-refractivity contribution >= 4 is 10.9 Å². The molecule has 0 atom stereocenters. The van der Waals surface area contributed by atoms with Crippen LogP contribution in [0.1, 0.15) is 16.7 Å². The Hall–Kier alpha value is -2.22. The first kappa shape index (κ1) is 11.8. The highest BCUT2D eigenvalue weighted by atomic mass is 14.7. The van der Waals surface area contributed by atoms with Gasteiger partial charge in [-0.2, -0.15) is 0 Å². The fraction of sp³-hybridized carbons (Fsp3) is 0.176. The average Bonchev–Trinajstić information content (AvgIpc) is 2.43. The van der Waals surface area contributed by atoms with Crippen molar-refractivity contribution in [3.05, 3.63) is 59.4 Å². The van der Waals surface area contributed by atoms with Gasteiger partial charge in [-0.05, 0) is 49.6 Å². The summed E-state index contributed by atoms with van der Waals surface area (Å²) >= 11 is 0. The Kier molecular flexibility index (Phi) is 2.79. The van der Waals surface area contributed by atoms with Gasteiger partial charge in [0.1, 0.15) is 0 Å². The van der Waals surface area contributed by atoms with Gasteiger partial charge in [-0.25, -0.2) is 0 Å². The SMILES string of the molecule is Cc1ccnc(-c2ccc(C)c3cccnc23)c1C. The normalized spacial score (nSPS) is 10.9. The van der Waals surface area contributed by atoms with Crippen LogP contribution in [0.2, 0.25) is 0 Å². The highest BCUT2D eigenvalue weighted by Gasteiger charge is 2.11. The van der Waals surface area contributed by atoms with E-state index in [4.69, 9.17) is 0 Å². The fourth-order valence-electron chi connectivity index (χ4n) is 2.41. The van der Waals surface area contributed by atoms with Gasteiger partial charge in [0.2, 0.25) is 0 Å². The van der Waals surface area contributed by atoms with Gasteiger partial charge in [0, 0.05) is 23.3 Å². The number of aryl methyl sites for hydroxylation is 2. The maximum absolute atomic E-state index is 4.55. The first-order valence-electron chi connectivity index (χ1n) is 6.45. The number of benzene rings is 1. The van der Waals surface area contributed by atoms with Gasteiger partial charge in [-0.15, -0.1) is 0 Å². The number of aromatic nitrogens is 2. The van der Waals surface area contributed by atoms with E-state index in [-0.39, 0.29) is 0 Å². The van der Waals surface area contributed by atoms with Crippen LogP contribution in [0.25, 0.3) is 22.2 Å². The lowest BCUT2D eigenvalue weighted by Gasteiger charge is -2.11. The number of nitrogens with zero attached hydrogens (tertiary/aromatic N) is 2. The van der Waals surface area contributed by atoms with Crippen molar-refractivity contribution in [3.63, 3.8) is 0 Å². The second-order valence-electron chi connectivity index (χ2n) is 4.93. The highest BCUT2D eigenvalue weighted by Crippen LogP contribution is 2.30. The molecule has 0 bridgehead atoms. The van der Waals surface area contributed by atoms with Crippen LogP contribution < -0.4 is 0 Å². The lowest BCUT2D eigenvalue weighted by Crippen LogP contribution is -1.94. The molecule has 0 radical (unpaired) electrons. The van der Waals surface area contributed by atoms with E-state index in [1.165, 1.54) is 22.1 Å². The van der Waals surface area contributed by atoms with E-state index in [1.807, 2.05) is 24.5 Å². The summed E-state index contributed by atoms with van der Waals surface area (Å²) in [4.78, 5) is 9.10. The van der Waals surface area contributed by atoms with Crippen molar-refractivity contribution in [2.45, 2.75) is 20.8 Å². The topological polar surface area (TPSA) is 25.8 Å². The third-order valence-electron chi connectivity index (χ3n) is 3.72. The quantitative estimate of drug-likeness (QED) is 0.644. The average molecular weight is 248 g/mol. The van der Waals surface area contributed by atoms with Gasteiger partial charge >= 0.3 is 0 Å². The van der Waals surface area contributed by atoms with E-state index < -0.39 is 0 Å². The summed E-state index contributed by atoms with van der Waals surface area (Å²) in [5.41, 5.74) is 6.90. The van der Waals surface area contributed by atoms with Crippen LogP contribution in [0, 0.1) is 20.8 Å². The number of rotatable bonds is 1. The molecule has 2 nitrogen and oxygen atoms in total. The first-order valence-corrected chi connectivity index (χ1v) is 6.45. The Morgan fingerprint density at radius 2 is 1.63 bits per heavy atom. The lowest BCUT2D eigenvalue weighted by atomic mass is 9.98. The molecule has 0 N–H and O–H groups in total. The molecule has 3 rings (SSSR count). The molecule has 1 aromatic carbocycles. The zero-order valence-electron chi connectivity index (χ0n) is 11.4. The Balaban J connectivity index is 2.38. The van der Waals surface area contributed by atoms with Crippen molar-refractivity contribution < 1.29 is 0 Å². The Labute approximate surface area is 113 Å². The summed E-state index contributed by atoms with van der Waals surface area (Å²) in [6.45, 7) is 6.35. The summed E-state index contributed by atoms with van der Waals surface area (Å²) in [5, 5.41) is 1.20. The van der Waals surface area contributed by atoms with Gasteiger partial charge < -0.3 is 0 Å². The van der Waals surface area contributed by atoms with Crippen LogP contribution in [0.3, 0.4) is 0 Å². The monoisotopic (exact) mass is 248 g/mol. The largest absolute Gasteiger partial charge is 0.256 e. The van der Waals surface area contributed by atoms with Crippen LogP contribution in [0.5, 0.6) is 0 Å². The minimum absolute atomic E-state index is 1.03. The third-order valence-corrected chi connectivity index (χ3v) is 3.72. The predicted octanol–water partition coefficient (Wildman–Crippen LogP) is 4.22. The lowest BCUT2D eigenvalue weighted by molar-refractivity contribution is 1.22. The molecular weight excluding hydrogens is 232 g/mol. The summed E-state index contributed by atoms with van der Waals surface area (Å²) in [6.07, 6.45) is 3.71. The van der Waals surface area contributed by atoms with Crippen LogP contribution in [-0.2, 0) is 0 Å². The van der Waals surface area contributed by atoms with Gasteiger partial charge in [0.25, 0.3) is 0 Å². The molecule has 0 amide bonds. The van der Waals surface area contributed by atoms with Crippen molar-refractivity contribution in [3.8, 4) is 11.3 Å². The standard InChI is InChI=1S/C17H16N2/c1-11-8-10-19-16(13(11)3)15-7-6-12(2)14-5-4-9-18-17(14)15/h4-10H,1-3H3. The predicted molar refractivity (Wildman–Crippen MR) is 79.2 cm³/mol. The van der Waals surface area contributed by atoms with E-state index in [9.17, 15) is 0 Å². The molecule has 0 fully saturated rings. The van der Waals surface area contributed by atoms with Crippen LogP contribution in [0.15, 0.2) is 42.7 Å². The molecule has 0 saturated heterocycles. The molecule has 0 saturated carbocycles. The van der Waals surface area contributed by atoms with E-state index in [1.54, 1.807) is 0 Å². The molecule has 0 aliphatic rings. The first-order chi connectivity index (χ1) is 9.18. The van der Waals surface area contributed by atoms with Gasteiger partial charge in [-0.1, -0.05) is 18.2 Å². The second kappa shape index (κ2) is 4.47. The fourth-order valence-corrected chi connectivity index (χ4v) is 2.41. The highest BCUT2D eigenvalue weighted by molar-refractivity contribution is 5.95. The number of fused-ring (bicyclic) bond motifs is 1. The van der Waals surface area contributed by atoms with Crippen molar-refractivity contribution in [2.24, 2.45) is 0 Å². The Bertz CT molecular complexity index is 760. The van der Waals surface area contributed by atoms with Gasteiger partial charge in [-0.3, -0.25) is 9.97 Å². The van der Waals surface area contributed by atoms with Crippen molar-refractivity contribution in [1.29, 1.82) is 0 Å². The molecule has 19 heavy (non-hydrogen) atoms. The Morgan fingerprint density at radius 1 is 0.789 bits per heavy atom. The summed E-state index contributed by atoms with van der Waals surface area (Å²) in [6, 6.07) is 10.4. The van der Waals surface area contributed by atoms with Crippen LogP contribution in [-0.4, -0.2) is 9.97 Å². The summed E-state index contributed by atoms with van der Waals surface area (Å²) in [7, 11) is 0. The van der Waals surface area contributed by atoms with Gasteiger partial charge in [0.15, 0.2) is 0 Å². The number of pyridine rings is 2. The van der Waals surface area contributed by atoms with Crippen LogP contribution >= 0.6 is 0 Å². The Morgan fingerprint density at radius 3 is 2.47 bits per heavy atom. The molecule has 0 aliphatic heterocycles. The van der Waals surface area contributed by atoms with Crippen molar-refractivity contribution in [2.75, 3.05) is 0 Å². The van der Waals surface area contributed by atoms with E-state index in [0.29, 0.717) is 0 Å². The number of hydrogen-bond acceptors (Lipinski definition) is 2. The zero-order chi connectivity index (χ0) is 13.4. The molecule has 94 valence electrons. The third kappa shape index (κ3) is 1.89. The second-order valence-corrected chi connectivity index (χ2v) is 4.93. The molecular formula is C17H16N2. The van der Waals surface area contributed by atoms with Gasteiger partial charge in [0.05, 0.1) is 11.2 Å². The molecule has 2 aromatic heterocycles. The molecule has 0 unspecified atom stereocenters. The smallest absolute Gasteiger partial charge is 0.0798 e. The van der Waals surface area contributed by atoms with Crippen LogP contribution in [0.4, 0.5) is 0 Å². The van der Waals surface area contributed by atoms with E-state index in [2.05, 4.69) is 48.9 Å². The minimum atomic E-state index is 1.03. The molecule has 2 heterocycles.